The van der Waals surface area contributed by atoms with Crippen molar-refractivity contribution in [2.45, 2.75) is 18.2 Å². The zero-order valence-corrected chi connectivity index (χ0v) is 14.6. The number of benzene rings is 2. The van der Waals surface area contributed by atoms with Gasteiger partial charge in [-0.1, -0.05) is 31.2 Å². The molecule has 1 amide bonds. The summed E-state index contributed by atoms with van der Waals surface area (Å²) in [5, 5.41) is 2.73. The summed E-state index contributed by atoms with van der Waals surface area (Å²) in [5.74, 6) is -1.44. The Morgan fingerprint density at radius 2 is 1.96 bits per heavy atom. The lowest BCUT2D eigenvalue weighted by Gasteiger charge is -2.11. The molecule has 2 aromatic carbocycles. The lowest BCUT2D eigenvalue weighted by Crippen LogP contribution is -2.25. The van der Waals surface area contributed by atoms with E-state index in [1.165, 1.54) is 12.1 Å². The van der Waals surface area contributed by atoms with E-state index in [2.05, 4.69) is 16.6 Å². The van der Waals surface area contributed by atoms with Crippen LogP contribution in [0.3, 0.4) is 0 Å². The van der Waals surface area contributed by atoms with Gasteiger partial charge in [0.15, 0.2) is 0 Å². The van der Waals surface area contributed by atoms with Crippen molar-refractivity contribution >= 4 is 21.6 Å². The normalized spacial score (nSPS) is 11.1. The quantitative estimate of drug-likeness (QED) is 0.743. The monoisotopic (exact) mass is 362 g/mol. The number of halogens is 1. The van der Waals surface area contributed by atoms with Gasteiger partial charge in [-0.15, -0.1) is 6.58 Å². The van der Waals surface area contributed by atoms with Crippen LogP contribution in [-0.2, 0) is 16.4 Å². The third kappa shape index (κ3) is 4.52. The molecule has 5 nitrogen and oxygen atoms in total. The molecule has 0 saturated heterocycles. The highest BCUT2D eigenvalue weighted by atomic mass is 32.2. The molecule has 0 saturated carbocycles. The first-order chi connectivity index (χ1) is 11.9. The Kier molecular flexibility index (Phi) is 6.06. The molecule has 132 valence electrons. The minimum absolute atomic E-state index is 0.0396. The third-order valence-electron chi connectivity index (χ3n) is 3.55. The van der Waals surface area contributed by atoms with Crippen LogP contribution in [0.1, 0.15) is 22.8 Å². The largest absolute Gasteiger partial charge is 0.322 e. The maximum atomic E-state index is 13.9. The Balaban J connectivity index is 2.32. The zero-order chi connectivity index (χ0) is 18.4. The molecule has 0 heterocycles. The van der Waals surface area contributed by atoms with Gasteiger partial charge in [-0.05, 0) is 36.2 Å². The van der Waals surface area contributed by atoms with Crippen LogP contribution >= 0.6 is 0 Å². The van der Waals surface area contributed by atoms with Gasteiger partial charge in [-0.2, -0.15) is 0 Å². The highest BCUT2D eigenvalue weighted by Crippen LogP contribution is 2.20. The van der Waals surface area contributed by atoms with Crippen LogP contribution in [0.25, 0.3) is 0 Å². The zero-order valence-electron chi connectivity index (χ0n) is 13.8. The number of carbonyl (C=O) groups excluding carboxylic acids is 1. The highest BCUT2D eigenvalue weighted by Gasteiger charge is 2.20. The number of hydrogen-bond donors (Lipinski definition) is 2. The topological polar surface area (TPSA) is 75.3 Å². The molecule has 0 aromatic heterocycles. The van der Waals surface area contributed by atoms with E-state index in [-0.39, 0.29) is 12.1 Å². The number of aryl methyl sites for hydroxylation is 1. The Bertz CT molecular complexity index is 895. The van der Waals surface area contributed by atoms with Crippen LogP contribution in [0, 0.1) is 5.82 Å². The van der Waals surface area contributed by atoms with Gasteiger partial charge in [0.25, 0.3) is 5.91 Å². The smallest absolute Gasteiger partial charge is 0.255 e. The second-order valence-electron chi connectivity index (χ2n) is 5.25. The van der Waals surface area contributed by atoms with Gasteiger partial charge >= 0.3 is 0 Å². The lowest BCUT2D eigenvalue weighted by molar-refractivity contribution is 0.102. The van der Waals surface area contributed by atoms with E-state index < -0.39 is 26.6 Å². The number of nitrogens with one attached hydrogen (secondary N) is 2. The maximum Gasteiger partial charge on any atom is 0.255 e. The maximum absolute atomic E-state index is 13.9. The molecule has 25 heavy (non-hydrogen) atoms. The number of anilines is 1. The Hall–Kier alpha value is -2.51. The van der Waals surface area contributed by atoms with E-state index in [1.807, 2.05) is 19.1 Å². The summed E-state index contributed by atoms with van der Waals surface area (Å²) in [4.78, 5) is 11.8. The van der Waals surface area contributed by atoms with Gasteiger partial charge in [0.05, 0.1) is 0 Å². The highest BCUT2D eigenvalue weighted by molar-refractivity contribution is 7.89. The van der Waals surface area contributed by atoms with Crippen molar-refractivity contribution in [2.75, 3.05) is 11.9 Å². The van der Waals surface area contributed by atoms with E-state index in [1.54, 1.807) is 12.1 Å². The molecule has 0 unspecified atom stereocenters. The third-order valence-corrected chi connectivity index (χ3v) is 4.99. The van der Waals surface area contributed by atoms with E-state index in [9.17, 15) is 17.6 Å². The summed E-state index contributed by atoms with van der Waals surface area (Å²) in [5.41, 5.74) is 1.62. The lowest BCUT2D eigenvalue weighted by atomic mass is 10.1. The van der Waals surface area contributed by atoms with Crippen LogP contribution < -0.4 is 10.0 Å². The van der Waals surface area contributed by atoms with Crippen LogP contribution in [0.4, 0.5) is 10.1 Å². The fourth-order valence-electron chi connectivity index (χ4n) is 2.24. The van der Waals surface area contributed by atoms with Gasteiger partial charge in [0.2, 0.25) is 10.0 Å². The number of amides is 1. The van der Waals surface area contributed by atoms with Gasteiger partial charge in [0, 0.05) is 17.8 Å². The van der Waals surface area contributed by atoms with Crippen molar-refractivity contribution in [2.24, 2.45) is 0 Å². The molecule has 0 fully saturated rings. The molecule has 2 rings (SSSR count). The van der Waals surface area contributed by atoms with Crippen molar-refractivity contribution in [3.63, 3.8) is 0 Å². The molecular weight excluding hydrogens is 343 g/mol. The molecule has 2 N–H and O–H groups in total. The van der Waals surface area contributed by atoms with Crippen molar-refractivity contribution in [3.05, 3.63) is 72.1 Å². The minimum Gasteiger partial charge on any atom is -0.322 e. The van der Waals surface area contributed by atoms with Crippen molar-refractivity contribution in [3.8, 4) is 0 Å². The Morgan fingerprint density at radius 1 is 1.24 bits per heavy atom. The molecule has 0 aliphatic heterocycles. The Morgan fingerprint density at radius 3 is 2.64 bits per heavy atom. The summed E-state index contributed by atoms with van der Waals surface area (Å²) in [6.07, 6.45) is 2.07. The van der Waals surface area contributed by atoms with Gasteiger partial charge in [-0.25, -0.2) is 17.5 Å². The number of sulfonamides is 1. The molecule has 2 aromatic rings. The Labute approximate surface area is 146 Å². The molecule has 0 spiro atoms. The molecule has 0 aliphatic carbocycles. The fraction of sp³-hybridized carbons (Fsp3) is 0.167. The standard InChI is InChI=1S/C18H19FN2O3S/c1-3-11-20-25(23,24)17-12-14(9-10-15(17)19)18(22)21-16-8-6-5-7-13(16)4-2/h3,5-10,12,20H,1,4,11H2,2H3,(H,21,22). The average Bonchev–Trinajstić information content (AvgIpc) is 2.60. The number of para-hydroxylation sites is 1. The van der Waals surface area contributed by atoms with E-state index in [0.29, 0.717) is 5.69 Å². The molecule has 7 heteroatoms. The molecule has 0 aliphatic rings. The van der Waals surface area contributed by atoms with E-state index in [0.717, 1.165) is 24.1 Å². The summed E-state index contributed by atoms with van der Waals surface area (Å²) >= 11 is 0. The summed E-state index contributed by atoms with van der Waals surface area (Å²) in [6, 6.07) is 10.5. The number of carbonyl (C=O) groups is 1. The van der Waals surface area contributed by atoms with Gasteiger partial charge < -0.3 is 5.32 Å². The average molecular weight is 362 g/mol. The van der Waals surface area contributed by atoms with Crippen LogP contribution in [0.15, 0.2) is 60.0 Å². The summed E-state index contributed by atoms with van der Waals surface area (Å²) in [7, 11) is -4.07. The van der Waals surface area contributed by atoms with E-state index in [4.69, 9.17) is 0 Å². The van der Waals surface area contributed by atoms with Crippen LogP contribution in [0.5, 0.6) is 0 Å². The van der Waals surface area contributed by atoms with Gasteiger partial charge in [0.1, 0.15) is 10.7 Å². The van der Waals surface area contributed by atoms with Crippen LogP contribution in [-0.4, -0.2) is 20.9 Å². The minimum atomic E-state index is -4.07. The predicted molar refractivity (Wildman–Crippen MR) is 95.6 cm³/mol. The van der Waals surface area contributed by atoms with Crippen molar-refractivity contribution in [1.29, 1.82) is 0 Å². The first-order valence-electron chi connectivity index (χ1n) is 7.68. The number of rotatable bonds is 7. The fourth-order valence-corrected chi connectivity index (χ4v) is 3.34. The molecule has 0 bridgehead atoms. The first-order valence-corrected chi connectivity index (χ1v) is 9.16. The first kappa shape index (κ1) is 18.8. The SMILES string of the molecule is C=CCNS(=O)(=O)c1cc(C(=O)Nc2ccccc2CC)ccc1F. The molecular formula is C18H19FN2O3S. The second-order valence-corrected chi connectivity index (χ2v) is 6.99. The van der Waals surface area contributed by atoms with Gasteiger partial charge in [-0.3, -0.25) is 4.79 Å². The molecule has 0 atom stereocenters. The van der Waals surface area contributed by atoms with Crippen molar-refractivity contribution < 1.29 is 17.6 Å². The number of hydrogen-bond acceptors (Lipinski definition) is 3. The predicted octanol–water partition coefficient (Wildman–Crippen LogP) is 3.10. The van der Waals surface area contributed by atoms with E-state index >= 15 is 0 Å². The molecule has 0 radical (unpaired) electrons. The summed E-state index contributed by atoms with van der Waals surface area (Å²) in [6.45, 7) is 5.32. The van der Waals surface area contributed by atoms with Crippen LogP contribution in [0.2, 0.25) is 0 Å². The van der Waals surface area contributed by atoms with Crippen molar-refractivity contribution in [1.82, 2.24) is 4.72 Å². The summed E-state index contributed by atoms with van der Waals surface area (Å²) < 4.78 is 40.3. The second kappa shape index (κ2) is 8.04.